The molecule has 1 heterocycles. The van der Waals surface area contributed by atoms with E-state index in [1.54, 1.807) is 7.11 Å². The van der Waals surface area contributed by atoms with E-state index in [9.17, 15) is 4.79 Å². The van der Waals surface area contributed by atoms with E-state index in [2.05, 4.69) is 15.5 Å². The number of methoxy groups -OCH3 is 1. The molecule has 2 aromatic rings. The summed E-state index contributed by atoms with van der Waals surface area (Å²) in [4.78, 5) is 12.2. The highest BCUT2D eigenvalue weighted by Crippen LogP contribution is 2.19. The minimum atomic E-state index is -0.166. The molecule has 1 aromatic carbocycles. The Balaban J connectivity index is 1.59. The number of rotatable bonds is 5. The molecule has 0 bridgehead atoms. The number of nitrogens with zero attached hydrogens (tertiary/aromatic N) is 2. The third kappa shape index (κ3) is 3.67. The predicted molar refractivity (Wildman–Crippen MR) is 87.7 cm³/mol. The topological polar surface area (TPSA) is 64.1 Å². The molecule has 5 heteroatoms. The highest BCUT2D eigenvalue weighted by molar-refractivity contribution is 5.92. The van der Waals surface area contributed by atoms with Crippen LogP contribution < -0.4 is 10.1 Å². The van der Waals surface area contributed by atoms with Gasteiger partial charge in [-0.05, 0) is 55.4 Å². The Morgan fingerprint density at radius 2 is 2.04 bits per heavy atom. The smallest absolute Gasteiger partial charge is 0.271 e. The Morgan fingerprint density at radius 3 is 2.91 bits per heavy atom. The SMILES string of the molecule is COc1ccccc1CCNC(=O)c1cc2c(nn1)CCCC2. The molecule has 23 heavy (non-hydrogen) atoms. The average molecular weight is 311 g/mol. The summed E-state index contributed by atoms with van der Waals surface area (Å²) in [6.45, 7) is 0.540. The normalized spacial score (nSPS) is 13.3. The maximum atomic E-state index is 12.2. The molecule has 0 saturated carbocycles. The molecule has 120 valence electrons. The number of aromatic nitrogens is 2. The first-order valence-corrected chi connectivity index (χ1v) is 8.03. The minimum Gasteiger partial charge on any atom is -0.496 e. The maximum absolute atomic E-state index is 12.2. The number of benzene rings is 1. The van der Waals surface area contributed by atoms with Crippen molar-refractivity contribution in [2.45, 2.75) is 32.1 Å². The number of aryl methyl sites for hydroxylation is 2. The van der Waals surface area contributed by atoms with E-state index in [4.69, 9.17) is 4.74 Å². The lowest BCUT2D eigenvalue weighted by Crippen LogP contribution is -2.27. The third-order valence-electron chi connectivity index (χ3n) is 4.17. The van der Waals surface area contributed by atoms with Gasteiger partial charge < -0.3 is 10.1 Å². The standard InChI is InChI=1S/C18H21N3O2/c1-23-17-9-5-3-6-13(17)10-11-19-18(22)16-12-14-7-2-4-8-15(14)20-21-16/h3,5-6,9,12H,2,4,7-8,10-11H2,1H3,(H,19,22). The summed E-state index contributed by atoms with van der Waals surface area (Å²) in [6.07, 6.45) is 5.00. The molecule has 1 aromatic heterocycles. The van der Waals surface area contributed by atoms with Crippen molar-refractivity contribution in [3.05, 3.63) is 52.8 Å². The molecule has 1 aliphatic rings. The molecule has 0 saturated heterocycles. The number of ether oxygens (including phenoxy) is 1. The van der Waals surface area contributed by atoms with Gasteiger partial charge in [0.25, 0.3) is 5.91 Å². The molecule has 0 unspecified atom stereocenters. The molecule has 0 fully saturated rings. The number of hydrogen-bond acceptors (Lipinski definition) is 4. The van der Waals surface area contributed by atoms with Crippen molar-refractivity contribution in [3.8, 4) is 5.75 Å². The molecule has 1 aliphatic carbocycles. The van der Waals surface area contributed by atoms with Gasteiger partial charge >= 0.3 is 0 Å². The predicted octanol–water partition coefficient (Wildman–Crippen LogP) is 2.34. The quantitative estimate of drug-likeness (QED) is 0.920. The largest absolute Gasteiger partial charge is 0.496 e. The lowest BCUT2D eigenvalue weighted by molar-refractivity contribution is 0.0947. The van der Waals surface area contributed by atoms with Crippen LogP contribution in [0.4, 0.5) is 0 Å². The lowest BCUT2D eigenvalue weighted by Gasteiger charge is -2.14. The van der Waals surface area contributed by atoms with Crippen molar-refractivity contribution < 1.29 is 9.53 Å². The fraction of sp³-hybridized carbons (Fsp3) is 0.389. The zero-order valence-corrected chi connectivity index (χ0v) is 13.3. The van der Waals surface area contributed by atoms with Crippen molar-refractivity contribution in [1.82, 2.24) is 15.5 Å². The fourth-order valence-electron chi connectivity index (χ4n) is 2.91. The van der Waals surface area contributed by atoms with E-state index < -0.39 is 0 Å². The Kier molecular flexibility index (Phi) is 4.86. The van der Waals surface area contributed by atoms with Crippen LogP contribution >= 0.6 is 0 Å². The lowest BCUT2D eigenvalue weighted by atomic mass is 9.96. The summed E-state index contributed by atoms with van der Waals surface area (Å²) in [5.41, 5.74) is 3.69. The number of amides is 1. The van der Waals surface area contributed by atoms with E-state index >= 15 is 0 Å². The maximum Gasteiger partial charge on any atom is 0.271 e. The summed E-state index contributed by atoms with van der Waals surface area (Å²) in [5, 5.41) is 11.2. The van der Waals surface area contributed by atoms with Gasteiger partial charge in [-0.3, -0.25) is 4.79 Å². The van der Waals surface area contributed by atoms with Crippen LogP contribution in [0.2, 0.25) is 0 Å². The Bertz CT molecular complexity index is 700. The van der Waals surface area contributed by atoms with Gasteiger partial charge in [-0.25, -0.2) is 0 Å². The van der Waals surface area contributed by atoms with Crippen LogP contribution in [0.1, 0.15) is 40.2 Å². The van der Waals surface area contributed by atoms with E-state index in [1.165, 1.54) is 5.56 Å². The Hall–Kier alpha value is -2.43. The summed E-state index contributed by atoms with van der Waals surface area (Å²) in [7, 11) is 1.65. The molecule has 0 aliphatic heterocycles. The van der Waals surface area contributed by atoms with Crippen molar-refractivity contribution in [1.29, 1.82) is 0 Å². The molecule has 1 N–H and O–H groups in total. The second-order valence-electron chi connectivity index (χ2n) is 5.73. The second kappa shape index (κ2) is 7.22. The summed E-state index contributed by atoms with van der Waals surface area (Å²) in [5.74, 6) is 0.677. The molecular weight excluding hydrogens is 290 g/mol. The summed E-state index contributed by atoms with van der Waals surface area (Å²) >= 11 is 0. The van der Waals surface area contributed by atoms with Gasteiger partial charge in [0, 0.05) is 6.54 Å². The second-order valence-corrected chi connectivity index (χ2v) is 5.73. The first kappa shape index (κ1) is 15.5. The Labute approximate surface area is 136 Å². The van der Waals surface area contributed by atoms with Gasteiger partial charge in [0.05, 0.1) is 12.8 Å². The van der Waals surface area contributed by atoms with Gasteiger partial charge in [0.2, 0.25) is 0 Å². The fourth-order valence-corrected chi connectivity index (χ4v) is 2.91. The Morgan fingerprint density at radius 1 is 1.22 bits per heavy atom. The van der Waals surface area contributed by atoms with Crippen molar-refractivity contribution >= 4 is 5.91 Å². The molecular formula is C18H21N3O2. The number of para-hydroxylation sites is 1. The van der Waals surface area contributed by atoms with Crippen LogP contribution in [0.5, 0.6) is 5.75 Å². The number of hydrogen-bond donors (Lipinski definition) is 1. The number of carbonyl (C=O) groups excluding carboxylic acids is 1. The van der Waals surface area contributed by atoms with Crippen LogP contribution in [0.25, 0.3) is 0 Å². The van der Waals surface area contributed by atoms with Gasteiger partial charge in [0.1, 0.15) is 5.75 Å². The van der Waals surface area contributed by atoms with E-state index in [0.29, 0.717) is 18.7 Å². The van der Waals surface area contributed by atoms with Gasteiger partial charge in [-0.2, -0.15) is 5.10 Å². The highest BCUT2D eigenvalue weighted by atomic mass is 16.5. The van der Waals surface area contributed by atoms with Gasteiger partial charge in [-0.1, -0.05) is 18.2 Å². The first-order chi connectivity index (χ1) is 11.3. The van der Waals surface area contributed by atoms with E-state index in [1.807, 2.05) is 30.3 Å². The van der Waals surface area contributed by atoms with Crippen LogP contribution in [-0.4, -0.2) is 29.8 Å². The van der Waals surface area contributed by atoms with Crippen molar-refractivity contribution in [3.63, 3.8) is 0 Å². The summed E-state index contributed by atoms with van der Waals surface area (Å²) < 4.78 is 5.31. The van der Waals surface area contributed by atoms with Crippen molar-refractivity contribution in [2.24, 2.45) is 0 Å². The van der Waals surface area contributed by atoms with E-state index in [-0.39, 0.29) is 5.91 Å². The molecule has 0 atom stereocenters. The van der Waals surface area contributed by atoms with Crippen molar-refractivity contribution in [2.75, 3.05) is 13.7 Å². The van der Waals surface area contributed by atoms with Crippen LogP contribution in [0.3, 0.4) is 0 Å². The molecule has 0 radical (unpaired) electrons. The van der Waals surface area contributed by atoms with Crippen LogP contribution in [-0.2, 0) is 19.3 Å². The van der Waals surface area contributed by atoms with Gasteiger partial charge in [-0.15, -0.1) is 5.10 Å². The highest BCUT2D eigenvalue weighted by Gasteiger charge is 2.15. The number of carbonyl (C=O) groups is 1. The number of fused-ring (bicyclic) bond motifs is 1. The first-order valence-electron chi connectivity index (χ1n) is 8.03. The van der Waals surface area contributed by atoms with E-state index in [0.717, 1.165) is 42.7 Å². The average Bonchev–Trinajstić information content (AvgIpc) is 2.61. The van der Waals surface area contributed by atoms with Crippen LogP contribution in [0.15, 0.2) is 30.3 Å². The zero-order chi connectivity index (χ0) is 16.1. The molecule has 5 nitrogen and oxygen atoms in total. The molecule has 0 spiro atoms. The summed E-state index contributed by atoms with van der Waals surface area (Å²) in [6, 6.07) is 9.72. The third-order valence-corrected chi connectivity index (χ3v) is 4.17. The molecule has 3 rings (SSSR count). The number of nitrogens with one attached hydrogen (secondary N) is 1. The van der Waals surface area contributed by atoms with Gasteiger partial charge in [0.15, 0.2) is 5.69 Å². The van der Waals surface area contributed by atoms with Crippen LogP contribution in [0, 0.1) is 0 Å². The molecule has 1 amide bonds. The monoisotopic (exact) mass is 311 g/mol. The minimum absolute atomic E-state index is 0.166. The zero-order valence-electron chi connectivity index (χ0n) is 13.3.